The maximum Gasteiger partial charge on any atom is 0.327 e. The number of amides is 3. The van der Waals surface area contributed by atoms with Crippen LogP contribution >= 0.6 is 0 Å². The first-order valence-electron chi connectivity index (χ1n) is 11.1. The second kappa shape index (κ2) is 9.20. The molecule has 0 saturated carbocycles. The Hall–Kier alpha value is -3.06. The lowest BCUT2D eigenvalue weighted by Gasteiger charge is -2.42. The van der Waals surface area contributed by atoms with Gasteiger partial charge in [0.1, 0.15) is 17.0 Å². The number of piperidine rings is 1. The van der Waals surface area contributed by atoms with Crippen LogP contribution < -0.4 is 9.47 Å². The molecule has 0 bridgehead atoms. The molecule has 7 nitrogen and oxygen atoms in total. The van der Waals surface area contributed by atoms with Crippen molar-refractivity contribution in [2.75, 3.05) is 33.9 Å². The molecule has 2 aromatic rings. The van der Waals surface area contributed by atoms with Crippen molar-refractivity contribution in [1.82, 2.24) is 14.7 Å². The average molecular weight is 438 g/mol. The topological polar surface area (TPSA) is 62.3 Å². The van der Waals surface area contributed by atoms with Crippen molar-refractivity contribution in [2.45, 2.75) is 38.4 Å². The summed E-state index contributed by atoms with van der Waals surface area (Å²) in [6, 6.07) is 15.4. The molecule has 2 saturated heterocycles. The second-order valence-electron chi connectivity index (χ2n) is 8.43. The van der Waals surface area contributed by atoms with Crippen LogP contribution in [-0.2, 0) is 17.9 Å². The summed E-state index contributed by atoms with van der Waals surface area (Å²) in [4.78, 5) is 32.3. The smallest absolute Gasteiger partial charge is 0.327 e. The van der Waals surface area contributed by atoms with E-state index in [2.05, 4.69) is 11.0 Å². The molecule has 32 heavy (non-hydrogen) atoms. The highest BCUT2D eigenvalue weighted by Crippen LogP contribution is 2.38. The fourth-order valence-corrected chi connectivity index (χ4v) is 4.91. The number of carbonyl (C=O) groups excluding carboxylic acids is 2. The zero-order valence-electron chi connectivity index (χ0n) is 19.0. The van der Waals surface area contributed by atoms with Crippen LogP contribution in [-0.4, -0.2) is 66.0 Å². The van der Waals surface area contributed by atoms with Gasteiger partial charge in [0, 0.05) is 26.2 Å². The highest BCUT2D eigenvalue weighted by molar-refractivity contribution is 6.07. The lowest BCUT2D eigenvalue weighted by Crippen LogP contribution is -2.56. The molecular weight excluding hydrogens is 406 g/mol. The van der Waals surface area contributed by atoms with Crippen molar-refractivity contribution in [2.24, 2.45) is 0 Å². The van der Waals surface area contributed by atoms with Gasteiger partial charge in [-0.2, -0.15) is 0 Å². The van der Waals surface area contributed by atoms with E-state index >= 15 is 0 Å². The van der Waals surface area contributed by atoms with E-state index < -0.39 is 5.54 Å². The number of hydrogen-bond donors (Lipinski definition) is 0. The predicted octanol–water partition coefficient (Wildman–Crippen LogP) is 3.52. The summed E-state index contributed by atoms with van der Waals surface area (Å²) in [7, 11) is 3.28. The predicted molar refractivity (Wildman–Crippen MR) is 122 cm³/mol. The number of likely N-dealkylation sites (N-methyl/N-ethyl adjacent to an activating group) is 1. The number of urea groups is 1. The first kappa shape index (κ1) is 22.1. The Morgan fingerprint density at radius 1 is 0.875 bits per heavy atom. The zero-order chi connectivity index (χ0) is 22.7. The van der Waals surface area contributed by atoms with E-state index in [0.717, 1.165) is 36.7 Å². The molecule has 0 unspecified atom stereocenters. The standard InChI is InChI=1S/C25H31N3O4/c1-4-28-24(30)27(18-20-8-6-10-22(16-20)32-3)23(29)25(28)11-13-26(14-12-25)17-19-7-5-9-21(15-19)31-2/h5-10,15-16H,4,11-14,17-18H2,1-3H3. The van der Waals surface area contributed by atoms with E-state index in [9.17, 15) is 9.59 Å². The van der Waals surface area contributed by atoms with Gasteiger partial charge in [-0.15, -0.1) is 0 Å². The van der Waals surface area contributed by atoms with Gasteiger partial charge < -0.3 is 14.4 Å². The third-order valence-electron chi connectivity index (χ3n) is 6.64. The Morgan fingerprint density at radius 3 is 1.97 bits per heavy atom. The van der Waals surface area contributed by atoms with Crippen molar-refractivity contribution < 1.29 is 19.1 Å². The molecule has 0 radical (unpaired) electrons. The number of hydrogen-bond acceptors (Lipinski definition) is 5. The molecular formula is C25H31N3O4. The molecule has 7 heteroatoms. The Kier molecular flexibility index (Phi) is 6.37. The summed E-state index contributed by atoms with van der Waals surface area (Å²) in [5.74, 6) is 1.49. The highest BCUT2D eigenvalue weighted by atomic mass is 16.5. The molecule has 2 aromatic carbocycles. The molecule has 1 spiro atoms. The number of likely N-dealkylation sites (tertiary alicyclic amines) is 1. The first-order valence-corrected chi connectivity index (χ1v) is 11.1. The summed E-state index contributed by atoms with van der Waals surface area (Å²) < 4.78 is 10.6. The number of rotatable bonds is 7. The summed E-state index contributed by atoms with van der Waals surface area (Å²) in [6.07, 6.45) is 1.29. The van der Waals surface area contributed by atoms with E-state index in [1.807, 2.05) is 49.4 Å². The molecule has 0 aromatic heterocycles. The van der Waals surface area contributed by atoms with Gasteiger partial charge in [0.05, 0.1) is 20.8 Å². The quantitative estimate of drug-likeness (QED) is 0.620. The Balaban J connectivity index is 1.47. The molecule has 2 aliphatic heterocycles. The molecule has 3 amide bonds. The van der Waals surface area contributed by atoms with Gasteiger partial charge in [-0.3, -0.25) is 14.6 Å². The van der Waals surface area contributed by atoms with E-state index in [4.69, 9.17) is 9.47 Å². The average Bonchev–Trinajstić information content (AvgIpc) is 3.01. The number of imide groups is 1. The molecule has 0 aliphatic carbocycles. The number of nitrogens with zero attached hydrogens (tertiary/aromatic N) is 3. The van der Waals surface area contributed by atoms with Crippen LogP contribution in [0.3, 0.4) is 0 Å². The Morgan fingerprint density at radius 2 is 1.44 bits per heavy atom. The van der Waals surface area contributed by atoms with E-state index in [-0.39, 0.29) is 18.5 Å². The van der Waals surface area contributed by atoms with Crippen molar-refractivity contribution in [3.8, 4) is 11.5 Å². The van der Waals surface area contributed by atoms with Crippen LogP contribution in [0.4, 0.5) is 4.79 Å². The summed E-state index contributed by atoms with van der Waals surface area (Å²) in [5, 5.41) is 0. The second-order valence-corrected chi connectivity index (χ2v) is 8.43. The van der Waals surface area contributed by atoms with Gasteiger partial charge in [-0.25, -0.2) is 4.79 Å². The van der Waals surface area contributed by atoms with Gasteiger partial charge >= 0.3 is 6.03 Å². The monoisotopic (exact) mass is 437 g/mol. The van der Waals surface area contributed by atoms with Crippen molar-refractivity contribution in [3.05, 3.63) is 59.7 Å². The first-order chi connectivity index (χ1) is 15.5. The Labute approximate surface area is 189 Å². The molecule has 0 N–H and O–H groups in total. The van der Waals surface area contributed by atoms with E-state index in [1.165, 1.54) is 10.5 Å². The minimum Gasteiger partial charge on any atom is -0.497 e. The SMILES string of the molecule is CCN1C(=O)N(Cc2cccc(OC)c2)C(=O)C12CCN(Cc1cccc(OC)c1)CC2. The molecule has 4 rings (SSSR count). The van der Waals surface area contributed by atoms with E-state index in [0.29, 0.717) is 19.4 Å². The van der Waals surface area contributed by atoms with Crippen LogP contribution in [0.1, 0.15) is 30.9 Å². The van der Waals surface area contributed by atoms with Crippen LogP contribution in [0.15, 0.2) is 48.5 Å². The molecule has 2 heterocycles. The van der Waals surface area contributed by atoms with Crippen LogP contribution in [0, 0.1) is 0 Å². The highest BCUT2D eigenvalue weighted by Gasteiger charge is 2.57. The number of ether oxygens (including phenoxy) is 2. The fraction of sp³-hybridized carbons (Fsp3) is 0.440. The van der Waals surface area contributed by atoms with Crippen molar-refractivity contribution in [1.29, 1.82) is 0 Å². The van der Waals surface area contributed by atoms with Gasteiger partial charge in [0.2, 0.25) is 0 Å². The maximum absolute atomic E-state index is 13.6. The molecule has 170 valence electrons. The van der Waals surface area contributed by atoms with Crippen molar-refractivity contribution >= 4 is 11.9 Å². The lowest BCUT2D eigenvalue weighted by molar-refractivity contribution is -0.136. The van der Waals surface area contributed by atoms with Gasteiger partial charge in [0.25, 0.3) is 5.91 Å². The van der Waals surface area contributed by atoms with Crippen LogP contribution in [0.5, 0.6) is 11.5 Å². The van der Waals surface area contributed by atoms with Gasteiger partial charge in [0.15, 0.2) is 0 Å². The minimum atomic E-state index is -0.740. The van der Waals surface area contributed by atoms with Gasteiger partial charge in [-0.05, 0) is 55.2 Å². The lowest BCUT2D eigenvalue weighted by atomic mass is 9.85. The van der Waals surface area contributed by atoms with Gasteiger partial charge in [-0.1, -0.05) is 24.3 Å². The fourth-order valence-electron chi connectivity index (χ4n) is 4.91. The summed E-state index contributed by atoms with van der Waals surface area (Å²) in [6.45, 7) is 5.06. The van der Waals surface area contributed by atoms with Crippen LogP contribution in [0.2, 0.25) is 0 Å². The van der Waals surface area contributed by atoms with E-state index in [1.54, 1.807) is 19.1 Å². The Bertz CT molecular complexity index is 985. The normalized spacial score (nSPS) is 18.5. The van der Waals surface area contributed by atoms with Crippen LogP contribution in [0.25, 0.3) is 0 Å². The zero-order valence-corrected chi connectivity index (χ0v) is 19.0. The third kappa shape index (κ3) is 4.05. The number of carbonyl (C=O) groups is 2. The third-order valence-corrected chi connectivity index (χ3v) is 6.64. The molecule has 0 atom stereocenters. The molecule has 2 fully saturated rings. The maximum atomic E-state index is 13.6. The number of methoxy groups -OCH3 is 2. The number of benzene rings is 2. The largest absolute Gasteiger partial charge is 0.497 e. The van der Waals surface area contributed by atoms with Crippen molar-refractivity contribution in [3.63, 3.8) is 0 Å². The molecule has 2 aliphatic rings. The summed E-state index contributed by atoms with van der Waals surface area (Å²) >= 11 is 0. The summed E-state index contributed by atoms with van der Waals surface area (Å²) in [5.41, 5.74) is 1.32. The minimum absolute atomic E-state index is 0.0757.